The van der Waals surface area contributed by atoms with Crippen LogP contribution in [0.2, 0.25) is 0 Å². The van der Waals surface area contributed by atoms with Crippen molar-refractivity contribution in [2.45, 2.75) is 51.7 Å². The summed E-state index contributed by atoms with van der Waals surface area (Å²) >= 11 is 0. The van der Waals surface area contributed by atoms with Crippen LogP contribution in [0.5, 0.6) is 5.75 Å². The first-order valence-electron chi connectivity index (χ1n) is 6.68. The van der Waals surface area contributed by atoms with Crippen molar-refractivity contribution in [2.24, 2.45) is 11.7 Å². The number of benzene rings is 1. The highest BCUT2D eigenvalue weighted by Gasteiger charge is 2.20. The van der Waals surface area contributed by atoms with E-state index in [0.717, 1.165) is 17.2 Å². The van der Waals surface area contributed by atoms with Crippen molar-refractivity contribution in [1.29, 1.82) is 0 Å². The lowest BCUT2D eigenvalue weighted by Crippen LogP contribution is -2.24. The second-order valence-electron chi connectivity index (χ2n) is 5.33. The van der Waals surface area contributed by atoms with E-state index < -0.39 is 0 Å². The minimum atomic E-state index is 0.0358. The van der Waals surface area contributed by atoms with Gasteiger partial charge >= 0.3 is 0 Å². The van der Waals surface area contributed by atoms with Crippen LogP contribution in [0.25, 0.3) is 0 Å². The molecule has 0 aliphatic heterocycles. The molecule has 1 aromatic carbocycles. The molecular weight excluding hydrogens is 210 g/mol. The zero-order valence-corrected chi connectivity index (χ0v) is 10.9. The van der Waals surface area contributed by atoms with Gasteiger partial charge in [0.1, 0.15) is 5.75 Å². The van der Waals surface area contributed by atoms with Gasteiger partial charge in [-0.15, -0.1) is 0 Å². The Labute approximate surface area is 104 Å². The molecule has 0 spiro atoms. The Bertz CT molecular complexity index is 354. The molecule has 94 valence electrons. The third kappa shape index (κ3) is 3.22. The van der Waals surface area contributed by atoms with E-state index in [9.17, 15) is 0 Å². The largest absolute Gasteiger partial charge is 0.490 e. The maximum absolute atomic E-state index is 6.12. The van der Waals surface area contributed by atoms with E-state index in [0.29, 0.717) is 6.10 Å². The van der Waals surface area contributed by atoms with Gasteiger partial charge < -0.3 is 10.5 Å². The van der Waals surface area contributed by atoms with E-state index in [2.05, 4.69) is 13.0 Å². The molecule has 2 heteroatoms. The van der Waals surface area contributed by atoms with Gasteiger partial charge in [0.2, 0.25) is 0 Å². The summed E-state index contributed by atoms with van der Waals surface area (Å²) < 4.78 is 6.12. The maximum atomic E-state index is 6.12. The zero-order valence-electron chi connectivity index (χ0n) is 10.9. The number of hydrogen-bond acceptors (Lipinski definition) is 2. The van der Waals surface area contributed by atoms with Crippen LogP contribution in [0.3, 0.4) is 0 Å². The molecule has 0 bridgehead atoms. The highest BCUT2D eigenvalue weighted by Crippen LogP contribution is 2.30. The van der Waals surface area contributed by atoms with Crippen LogP contribution in [0.15, 0.2) is 24.3 Å². The highest BCUT2D eigenvalue weighted by molar-refractivity contribution is 5.35. The molecule has 0 heterocycles. The monoisotopic (exact) mass is 233 g/mol. The van der Waals surface area contributed by atoms with E-state index in [-0.39, 0.29) is 6.04 Å². The standard InChI is InChI=1S/C15H23NO/c1-11-7-9-13(10-8-11)17-15-6-4-3-5-14(15)12(2)16/h3-6,11-13H,7-10,16H2,1-2H3/t11?,12-,13?/m1/s1. The van der Waals surface area contributed by atoms with Crippen molar-refractivity contribution < 1.29 is 4.74 Å². The van der Waals surface area contributed by atoms with Crippen molar-refractivity contribution >= 4 is 0 Å². The van der Waals surface area contributed by atoms with Crippen LogP contribution in [0.1, 0.15) is 51.1 Å². The number of rotatable bonds is 3. The Balaban J connectivity index is 2.03. The first-order valence-corrected chi connectivity index (χ1v) is 6.68. The Kier molecular flexibility index (Phi) is 4.06. The van der Waals surface area contributed by atoms with Crippen molar-refractivity contribution in [3.05, 3.63) is 29.8 Å². The van der Waals surface area contributed by atoms with Gasteiger partial charge in [0.25, 0.3) is 0 Å². The van der Waals surface area contributed by atoms with Gasteiger partial charge in [0, 0.05) is 11.6 Å². The van der Waals surface area contributed by atoms with Gasteiger partial charge in [-0.3, -0.25) is 0 Å². The molecule has 2 N–H and O–H groups in total. The summed E-state index contributed by atoms with van der Waals surface area (Å²) in [5, 5.41) is 0. The topological polar surface area (TPSA) is 35.2 Å². The van der Waals surface area contributed by atoms with Gasteiger partial charge in [-0.25, -0.2) is 0 Å². The molecule has 0 amide bonds. The first-order chi connectivity index (χ1) is 8.16. The molecule has 2 rings (SSSR count). The van der Waals surface area contributed by atoms with Crippen LogP contribution >= 0.6 is 0 Å². The van der Waals surface area contributed by atoms with Crippen LogP contribution < -0.4 is 10.5 Å². The Morgan fingerprint density at radius 1 is 1.18 bits per heavy atom. The van der Waals surface area contributed by atoms with Gasteiger partial charge in [-0.1, -0.05) is 25.1 Å². The van der Waals surface area contributed by atoms with Crippen molar-refractivity contribution in [1.82, 2.24) is 0 Å². The zero-order chi connectivity index (χ0) is 12.3. The van der Waals surface area contributed by atoms with E-state index in [1.807, 2.05) is 25.1 Å². The Morgan fingerprint density at radius 2 is 1.82 bits per heavy atom. The van der Waals surface area contributed by atoms with Crippen LogP contribution in [-0.4, -0.2) is 6.10 Å². The molecule has 0 aromatic heterocycles. The average Bonchev–Trinajstić information content (AvgIpc) is 2.32. The molecule has 1 aromatic rings. The van der Waals surface area contributed by atoms with Crippen molar-refractivity contribution in [3.63, 3.8) is 0 Å². The van der Waals surface area contributed by atoms with Gasteiger partial charge in [-0.05, 0) is 44.6 Å². The quantitative estimate of drug-likeness (QED) is 0.864. The number of hydrogen-bond donors (Lipinski definition) is 1. The van der Waals surface area contributed by atoms with Gasteiger partial charge in [0.15, 0.2) is 0 Å². The number of para-hydroxylation sites is 1. The fourth-order valence-corrected chi connectivity index (χ4v) is 2.49. The summed E-state index contributed by atoms with van der Waals surface area (Å²) in [6.45, 7) is 4.33. The lowest BCUT2D eigenvalue weighted by molar-refractivity contribution is 0.134. The fraction of sp³-hybridized carbons (Fsp3) is 0.600. The average molecular weight is 233 g/mol. The molecule has 0 unspecified atom stereocenters. The Hall–Kier alpha value is -1.02. The molecule has 0 radical (unpaired) electrons. The smallest absolute Gasteiger partial charge is 0.124 e. The van der Waals surface area contributed by atoms with Crippen LogP contribution in [-0.2, 0) is 0 Å². The fourth-order valence-electron chi connectivity index (χ4n) is 2.49. The normalized spacial score (nSPS) is 26.5. The summed E-state index contributed by atoms with van der Waals surface area (Å²) in [6.07, 6.45) is 5.30. The summed E-state index contributed by atoms with van der Waals surface area (Å²) in [4.78, 5) is 0. The number of ether oxygens (including phenoxy) is 1. The SMILES string of the molecule is CC1CCC(Oc2ccccc2[C@@H](C)N)CC1. The third-order valence-electron chi connectivity index (χ3n) is 3.67. The van der Waals surface area contributed by atoms with Crippen molar-refractivity contribution in [2.75, 3.05) is 0 Å². The van der Waals surface area contributed by atoms with E-state index in [1.54, 1.807) is 0 Å². The highest BCUT2D eigenvalue weighted by atomic mass is 16.5. The van der Waals surface area contributed by atoms with Gasteiger partial charge in [-0.2, -0.15) is 0 Å². The lowest BCUT2D eigenvalue weighted by atomic mass is 9.89. The first kappa shape index (κ1) is 12.4. The minimum absolute atomic E-state index is 0.0358. The molecule has 1 saturated carbocycles. The van der Waals surface area contributed by atoms with Crippen LogP contribution in [0.4, 0.5) is 0 Å². The predicted molar refractivity (Wildman–Crippen MR) is 71.1 cm³/mol. The summed E-state index contributed by atoms with van der Waals surface area (Å²) in [5.74, 6) is 1.83. The van der Waals surface area contributed by atoms with E-state index >= 15 is 0 Å². The number of nitrogens with two attached hydrogens (primary N) is 1. The van der Waals surface area contributed by atoms with Crippen LogP contribution in [0, 0.1) is 5.92 Å². The molecule has 1 atom stereocenters. The molecule has 1 fully saturated rings. The second kappa shape index (κ2) is 5.54. The van der Waals surface area contributed by atoms with Gasteiger partial charge in [0.05, 0.1) is 6.10 Å². The third-order valence-corrected chi connectivity index (χ3v) is 3.67. The van der Waals surface area contributed by atoms with E-state index in [1.165, 1.54) is 25.7 Å². The molecular formula is C15H23NO. The molecule has 0 saturated heterocycles. The molecule has 2 nitrogen and oxygen atoms in total. The lowest BCUT2D eigenvalue weighted by Gasteiger charge is -2.28. The van der Waals surface area contributed by atoms with E-state index in [4.69, 9.17) is 10.5 Å². The second-order valence-corrected chi connectivity index (χ2v) is 5.33. The maximum Gasteiger partial charge on any atom is 0.124 e. The predicted octanol–water partition coefficient (Wildman–Crippen LogP) is 3.66. The van der Waals surface area contributed by atoms with Crippen molar-refractivity contribution in [3.8, 4) is 5.75 Å². The summed E-state index contributed by atoms with van der Waals surface area (Å²) in [7, 11) is 0. The minimum Gasteiger partial charge on any atom is -0.490 e. The molecule has 1 aliphatic carbocycles. The Morgan fingerprint density at radius 3 is 2.47 bits per heavy atom. The summed E-state index contributed by atoms with van der Waals surface area (Å²) in [5.41, 5.74) is 7.08. The summed E-state index contributed by atoms with van der Waals surface area (Å²) in [6, 6.07) is 8.18. The molecule has 1 aliphatic rings. The molecule has 17 heavy (non-hydrogen) atoms.